The number of hydrogen-bond donors (Lipinski definition) is 1. The lowest BCUT2D eigenvalue weighted by atomic mass is 9.86. The predicted octanol–water partition coefficient (Wildman–Crippen LogP) is 3.30. The van der Waals surface area contributed by atoms with Crippen LogP contribution in [0.4, 0.5) is 0 Å². The van der Waals surface area contributed by atoms with Crippen molar-refractivity contribution in [3.63, 3.8) is 0 Å². The summed E-state index contributed by atoms with van der Waals surface area (Å²) in [5, 5.41) is 0. The van der Waals surface area contributed by atoms with Gasteiger partial charge in [0.25, 0.3) is 5.91 Å². The van der Waals surface area contributed by atoms with Gasteiger partial charge in [-0.1, -0.05) is 31.7 Å². The van der Waals surface area contributed by atoms with Crippen molar-refractivity contribution in [2.75, 3.05) is 13.3 Å². The topological polar surface area (TPSA) is 58.7 Å². The molecule has 0 aromatic heterocycles. The van der Waals surface area contributed by atoms with Crippen molar-refractivity contribution in [1.29, 1.82) is 0 Å². The predicted molar refractivity (Wildman–Crippen MR) is 98.4 cm³/mol. The van der Waals surface area contributed by atoms with E-state index in [1.807, 2.05) is 38.3 Å². The fraction of sp³-hybridized carbons (Fsp3) is 0.333. The number of benzene rings is 1. The molecule has 0 aliphatic carbocycles. The molecule has 0 bridgehead atoms. The number of amides is 1. The Labute approximate surface area is 142 Å². The molecule has 2 rings (SSSR count). The smallest absolute Gasteiger partial charge is 0.261 e. The summed E-state index contributed by atoms with van der Waals surface area (Å²) < 4.78 is 0. The molecule has 1 aromatic rings. The van der Waals surface area contributed by atoms with Crippen LogP contribution in [0.1, 0.15) is 25.8 Å². The van der Waals surface area contributed by atoms with Crippen LogP contribution in [0, 0.1) is 0 Å². The molecule has 1 aromatic carbocycles. The second kappa shape index (κ2) is 6.62. The van der Waals surface area contributed by atoms with Gasteiger partial charge in [-0.2, -0.15) is 0 Å². The van der Waals surface area contributed by atoms with Gasteiger partial charge in [0, 0.05) is 11.9 Å². The highest BCUT2D eigenvalue weighted by molar-refractivity contribution is 7.98. The molecule has 122 valence electrons. The van der Waals surface area contributed by atoms with Crippen LogP contribution in [-0.4, -0.2) is 35.6 Å². The molecule has 1 unspecified atom stereocenters. The van der Waals surface area contributed by atoms with E-state index in [9.17, 15) is 4.79 Å². The van der Waals surface area contributed by atoms with E-state index >= 15 is 0 Å². The van der Waals surface area contributed by atoms with Gasteiger partial charge >= 0.3 is 0 Å². The Kier molecular flexibility index (Phi) is 5.00. The van der Waals surface area contributed by atoms with Gasteiger partial charge in [-0.3, -0.25) is 9.69 Å². The zero-order valence-electron chi connectivity index (χ0n) is 14.1. The van der Waals surface area contributed by atoms with Crippen molar-refractivity contribution in [2.45, 2.75) is 30.7 Å². The van der Waals surface area contributed by atoms with Crippen LogP contribution in [0.3, 0.4) is 0 Å². The van der Waals surface area contributed by atoms with E-state index < -0.39 is 5.54 Å². The van der Waals surface area contributed by atoms with Crippen molar-refractivity contribution in [3.05, 3.63) is 48.1 Å². The molecule has 4 nitrogen and oxygen atoms in total. The first-order chi connectivity index (χ1) is 10.9. The van der Waals surface area contributed by atoms with Crippen LogP contribution in [0.5, 0.6) is 0 Å². The van der Waals surface area contributed by atoms with E-state index in [0.29, 0.717) is 6.42 Å². The Balaban J connectivity index is 2.38. The lowest BCUT2D eigenvalue weighted by Gasteiger charge is -2.24. The summed E-state index contributed by atoms with van der Waals surface area (Å²) in [6.07, 6.45) is 4.55. The Hall–Kier alpha value is -2.01. The summed E-state index contributed by atoms with van der Waals surface area (Å²) in [4.78, 5) is 19.6. The van der Waals surface area contributed by atoms with Crippen LogP contribution in [-0.2, 0) is 4.79 Å². The average molecular weight is 329 g/mol. The number of allylic oxidation sites excluding steroid dienone is 2. The molecule has 0 fully saturated rings. The summed E-state index contributed by atoms with van der Waals surface area (Å²) in [7, 11) is 1.66. The van der Waals surface area contributed by atoms with Gasteiger partial charge in [0.1, 0.15) is 0 Å². The third kappa shape index (κ3) is 3.06. The number of thioether (sulfide) groups is 1. The quantitative estimate of drug-likeness (QED) is 0.666. The number of nitrogens with zero attached hydrogens (tertiary/aromatic N) is 2. The van der Waals surface area contributed by atoms with Crippen molar-refractivity contribution in [3.8, 4) is 0 Å². The summed E-state index contributed by atoms with van der Waals surface area (Å²) in [6, 6.07) is 8.18. The Morgan fingerprint density at radius 1 is 1.52 bits per heavy atom. The minimum absolute atomic E-state index is 0.0862. The highest BCUT2D eigenvalue weighted by Crippen LogP contribution is 2.34. The van der Waals surface area contributed by atoms with Crippen molar-refractivity contribution in [2.24, 2.45) is 10.7 Å². The van der Waals surface area contributed by atoms with E-state index in [-0.39, 0.29) is 11.9 Å². The Bertz CT molecular complexity index is 708. The van der Waals surface area contributed by atoms with E-state index in [1.54, 1.807) is 18.8 Å². The molecule has 1 heterocycles. The second-order valence-corrected chi connectivity index (χ2v) is 6.51. The number of aliphatic imine (C=N–C) groups is 1. The lowest BCUT2D eigenvalue weighted by molar-refractivity contribution is -0.129. The number of hydrogen-bond acceptors (Lipinski definition) is 4. The van der Waals surface area contributed by atoms with E-state index in [4.69, 9.17) is 5.73 Å². The van der Waals surface area contributed by atoms with Crippen LogP contribution >= 0.6 is 11.8 Å². The second-order valence-electron chi connectivity index (χ2n) is 5.63. The molecule has 1 aliphatic rings. The van der Waals surface area contributed by atoms with E-state index in [0.717, 1.165) is 16.7 Å². The van der Waals surface area contributed by atoms with Crippen LogP contribution in [0.15, 0.2) is 52.4 Å². The van der Waals surface area contributed by atoms with Crippen molar-refractivity contribution < 1.29 is 4.79 Å². The summed E-state index contributed by atoms with van der Waals surface area (Å²) >= 11 is 1.69. The first kappa shape index (κ1) is 17.3. The molecule has 0 saturated carbocycles. The van der Waals surface area contributed by atoms with Gasteiger partial charge in [-0.05, 0) is 48.4 Å². The number of likely N-dealkylation sites (N-methyl/N-ethyl adjacent to an activating group) is 1. The number of carbonyl (C=O) groups excluding carboxylic acids is 1. The molecule has 1 aliphatic heterocycles. The number of guanidine groups is 1. The lowest BCUT2D eigenvalue weighted by Crippen LogP contribution is -2.42. The van der Waals surface area contributed by atoms with Crippen LogP contribution in [0.2, 0.25) is 0 Å². The Morgan fingerprint density at radius 3 is 2.74 bits per heavy atom. The fourth-order valence-electron chi connectivity index (χ4n) is 2.75. The maximum Gasteiger partial charge on any atom is 0.261 e. The molecular weight excluding hydrogens is 306 g/mol. The van der Waals surface area contributed by atoms with Crippen LogP contribution < -0.4 is 5.73 Å². The summed E-state index contributed by atoms with van der Waals surface area (Å²) in [6.45, 7) is 8.01. The SMILES string of the molecule is C=C(C=C(C)C1(CC)N=C(N)N(C)C1=O)c1cccc(SC)c1. The van der Waals surface area contributed by atoms with Gasteiger partial charge < -0.3 is 5.73 Å². The zero-order valence-corrected chi connectivity index (χ0v) is 14.9. The van der Waals surface area contributed by atoms with Gasteiger partial charge in [-0.25, -0.2) is 4.99 Å². The van der Waals surface area contributed by atoms with Gasteiger partial charge in [-0.15, -0.1) is 11.8 Å². The first-order valence-corrected chi connectivity index (χ1v) is 8.73. The Morgan fingerprint density at radius 2 is 2.22 bits per heavy atom. The minimum Gasteiger partial charge on any atom is -0.369 e. The van der Waals surface area contributed by atoms with Gasteiger partial charge in [0.05, 0.1) is 0 Å². The minimum atomic E-state index is -0.904. The molecular formula is C18H23N3OS. The number of carbonyl (C=O) groups is 1. The number of nitrogens with two attached hydrogens (primary N) is 1. The molecule has 5 heteroatoms. The average Bonchev–Trinajstić information content (AvgIpc) is 2.79. The molecule has 23 heavy (non-hydrogen) atoms. The molecule has 1 amide bonds. The molecule has 1 atom stereocenters. The van der Waals surface area contributed by atoms with Crippen molar-refractivity contribution >= 4 is 29.2 Å². The normalized spacial score (nSPS) is 21.6. The molecule has 0 radical (unpaired) electrons. The largest absolute Gasteiger partial charge is 0.369 e. The first-order valence-electron chi connectivity index (χ1n) is 7.51. The van der Waals surface area contributed by atoms with Gasteiger partial charge in [0.15, 0.2) is 11.5 Å². The molecule has 2 N–H and O–H groups in total. The molecule has 0 spiro atoms. The van der Waals surface area contributed by atoms with Crippen LogP contribution in [0.25, 0.3) is 5.57 Å². The van der Waals surface area contributed by atoms with E-state index in [1.165, 1.54) is 9.80 Å². The summed E-state index contributed by atoms with van der Waals surface area (Å²) in [5.74, 6) is 0.177. The monoisotopic (exact) mass is 329 g/mol. The van der Waals surface area contributed by atoms with Crippen molar-refractivity contribution in [1.82, 2.24) is 4.90 Å². The highest BCUT2D eigenvalue weighted by atomic mass is 32.2. The fourth-order valence-corrected chi connectivity index (χ4v) is 3.21. The zero-order chi connectivity index (χ0) is 17.2. The maximum atomic E-state index is 12.6. The third-order valence-electron chi connectivity index (χ3n) is 4.30. The summed E-state index contributed by atoms with van der Waals surface area (Å²) in [5.41, 5.74) is 7.70. The highest BCUT2D eigenvalue weighted by Gasteiger charge is 2.46. The number of rotatable bonds is 5. The maximum absolute atomic E-state index is 12.6. The molecule has 0 saturated heterocycles. The van der Waals surface area contributed by atoms with E-state index in [2.05, 4.69) is 23.7 Å². The van der Waals surface area contributed by atoms with Gasteiger partial charge in [0.2, 0.25) is 0 Å². The standard InChI is InChI=1S/C18H23N3OS/c1-6-18(16(22)21(4)17(19)20-18)13(3)10-12(2)14-8-7-9-15(11-14)23-5/h7-11H,2,6H2,1,3-5H3,(H2,19,20). The third-order valence-corrected chi connectivity index (χ3v) is 5.03.